The first-order valence-electron chi connectivity index (χ1n) is 16.9. The average Bonchev–Trinajstić information content (AvgIpc) is 3.45. The van der Waals surface area contributed by atoms with Crippen LogP contribution < -0.4 is 0 Å². The van der Waals surface area contributed by atoms with E-state index < -0.39 is 31.4 Å². The summed E-state index contributed by atoms with van der Waals surface area (Å²) in [5.74, 6) is -0.271. The molecule has 1 aromatic heterocycles. The van der Waals surface area contributed by atoms with E-state index in [2.05, 4.69) is 4.98 Å². The second-order valence-electron chi connectivity index (χ2n) is 8.78. The van der Waals surface area contributed by atoms with Crippen LogP contribution in [0.1, 0.15) is 26.4 Å². The Morgan fingerprint density at radius 1 is 0.703 bits per heavy atom. The molecule has 0 N–H and O–H groups in total. The van der Waals surface area contributed by atoms with Crippen LogP contribution in [0.15, 0.2) is 127 Å². The molecule has 0 aliphatic carbocycles. The summed E-state index contributed by atoms with van der Waals surface area (Å²) in [6.45, 7) is -3.03. The lowest BCUT2D eigenvalue weighted by Gasteiger charge is -2.20. The van der Waals surface area contributed by atoms with Gasteiger partial charge in [-0.2, -0.15) is 0 Å². The smallest absolute Gasteiger partial charge is 0.114 e. The molecule has 0 aliphatic rings. The van der Waals surface area contributed by atoms with Crippen LogP contribution >= 0.6 is 0 Å². The zero-order valence-corrected chi connectivity index (χ0v) is 19.6. The van der Waals surface area contributed by atoms with Gasteiger partial charge < -0.3 is 0 Å². The number of hydrogen-bond donors (Lipinski definition) is 0. The van der Waals surface area contributed by atoms with Gasteiger partial charge in [-0.25, -0.2) is 4.98 Å². The van der Waals surface area contributed by atoms with Gasteiger partial charge in [0.2, 0.25) is 0 Å². The maximum Gasteiger partial charge on any atom is 0.114 e. The molecule has 7 rings (SSSR count). The number of aromatic nitrogens is 2. The molecule has 0 bridgehead atoms. The van der Waals surface area contributed by atoms with Crippen molar-refractivity contribution in [1.82, 2.24) is 9.55 Å². The van der Waals surface area contributed by atoms with Gasteiger partial charge in [-0.15, -0.1) is 0 Å². The molecule has 0 aliphatic heterocycles. The molecule has 0 saturated heterocycles. The van der Waals surface area contributed by atoms with Crippen molar-refractivity contribution in [3.63, 3.8) is 0 Å². The fraction of sp³-hybridized carbons (Fsp3) is 0.0571. The second-order valence-corrected chi connectivity index (χ2v) is 8.78. The zero-order valence-electron chi connectivity index (χ0n) is 29.6. The summed E-state index contributed by atoms with van der Waals surface area (Å²) in [6, 6.07) is 27.5. The van der Waals surface area contributed by atoms with Gasteiger partial charge in [-0.1, -0.05) is 116 Å². The summed E-state index contributed by atoms with van der Waals surface area (Å²) in [4.78, 5) is 4.56. The molecule has 37 heavy (non-hydrogen) atoms. The fourth-order valence-electron chi connectivity index (χ4n) is 5.20. The third-order valence-electron chi connectivity index (χ3n) is 6.74. The van der Waals surface area contributed by atoms with E-state index in [1.807, 2.05) is 54.6 Å². The number of hydrogen-bond acceptors (Lipinski definition) is 1. The van der Waals surface area contributed by atoms with E-state index in [1.165, 1.54) is 0 Å². The van der Waals surface area contributed by atoms with Crippen molar-refractivity contribution in [2.45, 2.75) is 13.2 Å². The lowest BCUT2D eigenvalue weighted by molar-refractivity contribution is 0.917. The highest BCUT2D eigenvalue weighted by atomic mass is 15.1. The topological polar surface area (TPSA) is 17.8 Å². The van der Waals surface area contributed by atoms with Crippen molar-refractivity contribution in [2.75, 3.05) is 0 Å². The van der Waals surface area contributed by atoms with Gasteiger partial charge in [-0.3, -0.25) is 4.57 Å². The van der Waals surface area contributed by atoms with E-state index in [1.54, 1.807) is 47.0 Å². The lowest BCUT2D eigenvalue weighted by atomic mass is 9.88. The molecular formula is C35H26N2. The lowest BCUT2D eigenvalue weighted by Crippen LogP contribution is -2.03. The summed E-state index contributed by atoms with van der Waals surface area (Å²) >= 11 is 0. The monoisotopic (exact) mass is 484 g/mol. The molecular weight excluding hydrogens is 448 g/mol. The third-order valence-corrected chi connectivity index (χ3v) is 6.74. The van der Waals surface area contributed by atoms with Crippen LogP contribution in [-0.4, -0.2) is 9.55 Å². The van der Waals surface area contributed by atoms with E-state index in [-0.39, 0.29) is 23.5 Å². The van der Waals surface area contributed by atoms with Gasteiger partial charge in [0.25, 0.3) is 0 Å². The molecule has 0 saturated carbocycles. The Hall–Kier alpha value is -4.69. The van der Waals surface area contributed by atoms with Crippen LogP contribution in [0.25, 0.3) is 60.5 Å². The van der Waals surface area contributed by atoms with Crippen LogP contribution in [0.2, 0.25) is 0 Å². The quantitative estimate of drug-likeness (QED) is 0.228. The highest BCUT2D eigenvalue weighted by molar-refractivity contribution is 6.19. The molecule has 0 spiro atoms. The number of rotatable bonds is 4. The minimum Gasteiger partial charge on any atom is -0.295 e. The van der Waals surface area contributed by atoms with Crippen LogP contribution in [0.3, 0.4) is 0 Å². The van der Waals surface area contributed by atoms with E-state index >= 15 is 0 Å². The van der Waals surface area contributed by atoms with E-state index in [9.17, 15) is 0 Å². The summed E-state index contributed by atoms with van der Waals surface area (Å²) < 4.78 is 85.5. The predicted molar refractivity (Wildman–Crippen MR) is 156 cm³/mol. The minimum atomic E-state index is -3.03. The number of fused-ring (bicyclic) bond motifs is 3. The van der Waals surface area contributed by atoms with Crippen molar-refractivity contribution < 1.29 is 13.7 Å². The van der Waals surface area contributed by atoms with Crippen LogP contribution in [0, 0.1) is 0 Å². The SMILES string of the molecule is [2H]c1c([2H])c([2H])c(-c2ccc3c(-n4c(C([2H])([2H])C([2H])([2H])[2H])nc5ccccc54)c4ccccc4c(-c4ccccc4)c3c2)c([2H])c1[2H]. The van der Waals surface area contributed by atoms with Gasteiger partial charge in [0.05, 0.1) is 23.6 Å². The molecule has 0 atom stereocenters. The Balaban J connectivity index is 1.70. The van der Waals surface area contributed by atoms with Crippen LogP contribution in [0.5, 0.6) is 0 Å². The largest absolute Gasteiger partial charge is 0.295 e. The molecule has 176 valence electrons. The maximum absolute atomic E-state index is 8.81. The first-order valence-corrected chi connectivity index (χ1v) is 11.9. The average molecular weight is 485 g/mol. The Labute approximate surface area is 230 Å². The van der Waals surface area contributed by atoms with E-state index in [0.29, 0.717) is 33.1 Å². The standard InChI is InChI=1S/C35H26N2/c1-2-33-36-31-19-11-12-20-32(31)37(33)35-28-18-10-9-17-27(28)34(25-15-7-4-8-16-25)30-23-26(21-22-29(30)35)24-13-5-3-6-14-24/h3-23H,2H2,1H3/i1D3,2D2,3D,5D,6D,13D,14D. The van der Waals surface area contributed by atoms with Crippen molar-refractivity contribution in [2.24, 2.45) is 0 Å². The Kier molecular flexibility index (Phi) is 3.21. The van der Waals surface area contributed by atoms with Gasteiger partial charge in [0.15, 0.2) is 0 Å². The zero-order chi connectivity index (χ0) is 33.4. The molecule has 7 aromatic rings. The molecule has 0 unspecified atom stereocenters. The highest BCUT2D eigenvalue weighted by Crippen LogP contribution is 2.43. The van der Waals surface area contributed by atoms with Crippen LogP contribution in [-0.2, 0) is 6.37 Å². The highest BCUT2D eigenvalue weighted by Gasteiger charge is 2.20. The number of imidazole rings is 1. The number of nitrogens with zero attached hydrogens (tertiary/aromatic N) is 2. The normalized spacial score (nSPS) is 16.1. The molecule has 0 radical (unpaired) electrons. The molecule has 2 nitrogen and oxygen atoms in total. The Morgan fingerprint density at radius 2 is 1.43 bits per heavy atom. The van der Waals surface area contributed by atoms with Gasteiger partial charge >= 0.3 is 0 Å². The second kappa shape index (κ2) is 8.76. The fourth-order valence-corrected chi connectivity index (χ4v) is 5.20. The summed E-state index contributed by atoms with van der Waals surface area (Å²) in [5.41, 5.74) is 3.60. The molecule has 1 heterocycles. The molecule has 0 amide bonds. The van der Waals surface area contributed by atoms with Crippen molar-refractivity contribution in [3.05, 3.63) is 133 Å². The molecule has 0 fully saturated rings. The van der Waals surface area contributed by atoms with Crippen LogP contribution in [0.4, 0.5) is 0 Å². The predicted octanol–water partition coefficient (Wildman–Crippen LogP) is 9.23. The number of benzene rings is 6. The number of aryl methyl sites for hydroxylation is 1. The first kappa shape index (κ1) is 13.6. The first-order chi connectivity index (χ1) is 22.3. The summed E-state index contributed by atoms with van der Waals surface area (Å²) in [5, 5.41) is 2.80. The van der Waals surface area contributed by atoms with Crippen molar-refractivity contribution in [1.29, 1.82) is 0 Å². The number of para-hydroxylation sites is 2. The minimum absolute atomic E-state index is 0.0547. The maximum atomic E-state index is 8.81. The molecule has 6 aromatic carbocycles. The molecule has 2 heteroatoms. The van der Waals surface area contributed by atoms with Gasteiger partial charge in [0.1, 0.15) is 5.82 Å². The van der Waals surface area contributed by atoms with Gasteiger partial charge in [-0.05, 0) is 51.2 Å². The summed E-state index contributed by atoms with van der Waals surface area (Å²) in [7, 11) is 0. The Bertz CT molecular complexity index is 2350. The van der Waals surface area contributed by atoms with Crippen molar-refractivity contribution in [3.8, 4) is 27.9 Å². The Morgan fingerprint density at radius 3 is 2.27 bits per heavy atom. The van der Waals surface area contributed by atoms with E-state index in [4.69, 9.17) is 13.7 Å². The van der Waals surface area contributed by atoms with Gasteiger partial charge in [0, 0.05) is 24.0 Å². The summed E-state index contributed by atoms with van der Waals surface area (Å²) in [6.07, 6.45) is -2.83. The van der Waals surface area contributed by atoms with Crippen molar-refractivity contribution >= 4 is 32.6 Å². The third kappa shape index (κ3) is 3.45. The van der Waals surface area contributed by atoms with E-state index in [0.717, 1.165) is 21.9 Å².